The molecule has 0 radical (unpaired) electrons. The summed E-state index contributed by atoms with van der Waals surface area (Å²) in [6, 6.07) is 20.4. The maximum absolute atomic E-state index is 12.8. The standard InChI is InChI=1S/C36H46O5/c1-4-6-8-10-11-13-25-40-32-23-24-33(28-15-19-30(20-16-28)35(37)38)34(26-32)29-17-21-31(22-18-29)36(39)41-27(3)14-12-9-7-5-2/h15-24,26-27H,4-14,25H2,1-3H3,(H,37,38)/t27-/m1/s1. The fourth-order valence-corrected chi connectivity index (χ4v) is 4.92. The van der Waals surface area contributed by atoms with Crippen molar-refractivity contribution in [3.63, 3.8) is 0 Å². The number of carboxylic acids is 1. The second-order valence-electron chi connectivity index (χ2n) is 10.8. The number of hydrogen-bond acceptors (Lipinski definition) is 4. The molecular formula is C36H46O5. The van der Waals surface area contributed by atoms with Crippen LogP contribution in [-0.2, 0) is 4.74 Å². The number of carboxylic acid groups (broad SMARTS) is 1. The maximum atomic E-state index is 12.8. The highest BCUT2D eigenvalue weighted by molar-refractivity contribution is 5.92. The number of aromatic carboxylic acids is 1. The van der Waals surface area contributed by atoms with E-state index in [0.717, 1.165) is 60.1 Å². The van der Waals surface area contributed by atoms with Gasteiger partial charge in [0.05, 0.1) is 23.8 Å². The lowest BCUT2D eigenvalue weighted by Crippen LogP contribution is -2.15. The van der Waals surface area contributed by atoms with Gasteiger partial charge < -0.3 is 14.6 Å². The highest BCUT2D eigenvalue weighted by Gasteiger charge is 2.15. The van der Waals surface area contributed by atoms with Gasteiger partial charge >= 0.3 is 11.9 Å². The van der Waals surface area contributed by atoms with Crippen molar-refractivity contribution in [2.75, 3.05) is 6.61 Å². The van der Waals surface area contributed by atoms with Gasteiger partial charge in [-0.1, -0.05) is 95.5 Å². The summed E-state index contributed by atoms with van der Waals surface area (Å²) in [5.41, 5.74) is 4.54. The van der Waals surface area contributed by atoms with Crippen molar-refractivity contribution in [2.45, 2.75) is 97.5 Å². The first kappa shape index (κ1) is 31.9. The molecule has 0 amide bonds. The molecule has 0 aliphatic rings. The lowest BCUT2D eigenvalue weighted by Gasteiger charge is -2.15. The molecule has 3 aromatic carbocycles. The second kappa shape index (κ2) is 17.3. The minimum absolute atomic E-state index is 0.111. The molecule has 3 rings (SSSR count). The van der Waals surface area contributed by atoms with Crippen LogP contribution in [0.5, 0.6) is 5.75 Å². The van der Waals surface area contributed by atoms with Gasteiger partial charge in [-0.05, 0) is 84.8 Å². The number of carbonyl (C=O) groups is 2. The van der Waals surface area contributed by atoms with Gasteiger partial charge in [0.1, 0.15) is 5.75 Å². The average molecular weight is 559 g/mol. The Labute approximate surface area is 245 Å². The van der Waals surface area contributed by atoms with Crippen LogP contribution in [-0.4, -0.2) is 29.8 Å². The van der Waals surface area contributed by atoms with E-state index in [1.807, 2.05) is 61.5 Å². The quantitative estimate of drug-likeness (QED) is 0.124. The third-order valence-electron chi connectivity index (χ3n) is 7.40. The van der Waals surface area contributed by atoms with Crippen LogP contribution >= 0.6 is 0 Å². The molecule has 41 heavy (non-hydrogen) atoms. The van der Waals surface area contributed by atoms with E-state index in [9.17, 15) is 14.7 Å². The van der Waals surface area contributed by atoms with Gasteiger partial charge in [-0.3, -0.25) is 0 Å². The topological polar surface area (TPSA) is 72.8 Å². The zero-order valence-electron chi connectivity index (χ0n) is 25.0. The van der Waals surface area contributed by atoms with E-state index in [1.165, 1.54) is 38.5 Å². The summed E-state index contributed by atoms with van der Waals surface area (Å²) in [5.74, 6) is -0.465. The molecule has 220 valence electrons. The van der Waals surface area contributed by atoms with Crippen LogP contribution in [0.2, 0.25) is 0 Å². The Bertz CT molecular complexity index is 1210. The van der Waals surface area contributed by atoms with Crippen molar-refractivity contribution in [1.29, 1.82) is 0 Å². The first-order valence-electron chi connectivity index (χ1n) is 15.3. The molecule has 0 bridgehead atoms. The van der Waals surface area contributed by atoms with Crippen LogP contribution in [0.15, 0.2) is 66.7 Å². The molecule has 0 aliphatic heterocycles. The Hall–Kier alpha value is -3.60. The van der Waals surface area contributed by atoms with Crippen molar-refractivity contribution in [3.8, 4) is 28.0 Å². The number of carbonyl (C=O) groups excluding carboxylic acids is 1. The van der Waals surface area contributed by atoms with E-state index in [-0.39, 0.29) is 17.6 Å². The Morgan fingerprint density at radius 2 is 1.24 bits per heavy atom. The molecule has 0 aromatic heterocycles. The van der Waals surface area contributed by atoms with E-state index in [4.69, 9.17) is 9.47 Å². The van der Waals surface area contributed by atoms with Crippen molar-refractivity contribution in [2.24, 2.45) is 0 Å². The molecule has 1 atom stereocenters. The maximum Gasteiger partial charge on any atom is 0.338 e. The lowest BCUT2D eigenvalue weighted by molar-refractivity contribution is 0.0319. The van der Waals surface area contributed by atoms with Crippen molar-refractivity contribution < 1.29 is 24.2 Å². The number of rotatable bonds is 18. The molecule has 0 saturated carbocycles. The summed E-state index contributed by atoms with van der Waals surface area (Å²) < 4.78 is 11.8. The van der Waals surface area contributed by atoms with Gasteiger partial charge in [-0.2, -0.15) is 0 Å². The average Bonchev–Trinajstić information content (AvgIpc) is 2.99. The minimum atomic E-state index is -0.951. The zero-order valence-corrected chi connectivity index (χ0v) is 25.0. The molecule has 0 saturated heterocycles. The molecule has 0 heterocycles. The summed E-state index contributed by atoms with van der Waals surface area (Å²) in [6.07, 6.45) is 12.6. The van der Waals surface area contributed by atoms with Gasteiger partial charge in [-0.25, -0.2) is 9.59 Å². The largest absolute Gasteiger partial charge is 0.494 e. The van der Waals surface area contributed by atoms with E-state index < -0.39 is 5.97 Å². The molecule has 1 N–H and O–H groups in total. The van der Waals surface area contributed by atoms with Crippen molar-refractivity contribution >= 4 is 11.9 Å². The number of unbranched alkanes of at least 4 members (excludes halogenated alkanes) is 8. The van der Waals surface area contributed by atoms with Crippen LogP contribution in [0.3, 0.4) is 0 Å². The monoisotopic (exact) mass is 558 g/mol. The van der Waals surface area contributed by atoms with Crippen molar-refractivity contribution in [1.82, 2.24) is 0 Å². The first-order valence-corrected chi connectivity index (χ1v) is 15.3. The minimum Gasteiger partial charge on any atom is -0.494 e. The van der Waals surface area contributed by atoms with Crippen LogP contribution in [0.4, 0.5) is 0 Å². The third kappa shape index (κ3) is 10.4. The summed E-state index contributed by atoms with van der Waals surface area (Å²) in [7, 11) is 0. The molecule has 0 fully saturated rings. The summed E-state index contributed by atoms with van der Waals surface area (Å²) in [5, 5.41) is 9.31. The Morgan fingerprint density at radius 1 is 0.683 bits per heavy atom. The smallest absolute Gasteiger partial charge is 0.338 e. The van der Waals surface area contributed by atoms with Crippen LogP contribution in [0.25, 0.3) is 22.3 Å². The summed E-state index contributed by atoms with van der Waals surface area (Å²) in [4.78, 5) is 24.1. The van der Waals surface area contributed by atoms with Crippen LogP contribution in [0.1, 0.15) is 112 Å². The molecule has 3 aromatic rings. The van der Waals surface area contributed by atoms with Gasteiger partial charge in [-0.15, -0.1) is 0 Å². The van der Waals surface area contributed by atoms with E-state index in [2.05, 4.69) is 13.8 Å². The van der Waals surface area contributed by atoms with E-state index in [0.29, 0.717) is 12.2 Å². The van der Waals surface area contributed by atoms with Gasteiger partial charge in [0, 0.05) is 0 Å². The number of esters is 1. The summed E-state index contributed by atoms with van der Waals surface area (Å²) in [6.45, 7) is 7.03. The normalized spacial score (nSPS) is 11.7. The Balaban J connectivity index is 1.76. The van der Waals surface area contributed by atoms with E-state index in [1.54, 1.807) is 12.1 Å². The molecule has 5 nitrogen and oxygen atoms in total. The number of hydrogen-bond donors (Lipinski definition) is 1. The fraction of sp³-hybridized carbons (Fsp3) is 0.444. The molecule has 5 heteroatoms. The van der Waals surface area contributed by atoms with Gasteiger partial charge in [0.2, 0.25) is 0 Å². The zero-order chi connectivity index (χ0) is 29.5. The first-order chi connectivity index (χ1) is 19.9. The molecule has 0 aliphatic carbocycles. The molecular weight excluding hydrogens is 512 g/mol. The van der Waals surface area contributed by atoms with Crippen LogP contribution in [0, 0.1) is 0 Å². The predicted molar refractivity (Wildman–Crippen MR) is 167 cm³/mol. The van der Waals surface area contributed by atoms with Crippen LogP contribution < -0.4 is 4.74 Å². The van der Waals surface area contributed by atoms with Crippen molar-refractivity contribution in [3.05, 3.63) is 77.9 Å². The summed E-state index contributed by atoms with van der Waals surface area (Å²) >= 11 is 0. The lowest BCUT2D eigenvalue weighted by atomic mass is 9.93. The molecule has 0 spiro atoms. The highest BCUT2D eigenvalue weighted by Crippen LogP contribution is 2.35. The van der Waals surface area contributed by atoms with Gasteiger partial charge in [0.25, 0.3) is 0 Å². The predicted octanol–water partition coefficient (Wildman–Crippen LogP) is 9.97. The Morgan fingerprint density at radius 3 is 1.88 bits per heavy atom. The van der Waals surface area contributed by atoms with E-state index >= 15 is 0 Å². The SMILES string of the molecule is CCCCCCCCOc1ccc(-c2ccc(C(=O)O)cc2)c(-c2ccc(C(=O)O[C@H](C)CCCCCC)cc2)c1. The molecule has 0 unspecified atom stereocenters. The van der Waals surface area contributed by atoms with Gasteiger partial charge in [0.15, 0.2) is 0 Å². The fourth-order valence-electron chi connectivity index (χ4n) is 4.92. The number of ether oxygens (including phenoxy) is 2. The Kier molecular flexibility index (Phi) is 13.4. The third-order valence-corrected chi connectivity index (χ3v) is 7.40. The number of benzene rings is 3. The highest BCUT2D eigenvalue weighted by atomic mass is 16.5. The second-order valence-corrected chi connectivity index (χ2v) is 10.8.